The van der Waals surface area contributed by atoms with Crippen LogP contribution in [0, 0.1) is 12.7 Å². The van der Waals surface area contributed by atoms with Gasteiger partial charge >= 0.3 is 12.0 Å². The lowest BCUT2D eigenvalue weighted by Gasteiger charge is -2.19. The molecule has 1 unspecified atom stereocenters. The van der Waals surface area contributed by atoms with Gasteiger partial charge in [-0.25, -0.2) is 14.0 Å². The fourth-order valence-electron chi connectivity index (χ4n) is 4.95. The smallest absolute Gasteiger partial charge is 0.345 e. The number of halogens is 3. The molecule has 0 bridgehead atoms. The third-order valence-electron chi connectivity index (χ3n) is 7.03. The number of rotatable bonds is 6. The first-order valence-corrected chi connectivity index (χ1v) is 16.1. The summed E-state index contributed by atoms with van der Waals surface area (Å²) in [5.41, 5.74) is 2.73. The molecule has 46 heavy (non-hydrogen) atoms. The highest BCUT2D eigenvalue weighted by Gasteiger charge is 2.34. The maximum Gasteiger partial charge on any atom is 0.345 e. The van der Waals surface area contributed by atoms with Gasteiger partial charge in [-0.1, -0.05) is 41.4 Å². The number of carbonyl (C=O) groups is 3. The van der Waals surface area contributed by atoms with Gasteiger partial charge in [0.1, 0.15) is 10.7 Å². The Kier molecular flexibility index (Phi) is 10.2. The molecule has 236 valence electrons. The average molecular weight is 700 g/mol. The van der Waals surface area contributed by atoms with Crippen molar-refractivity contribution in [3.63, 3.8) is 0 Å². The van der Waals surface area contributed by atoms with Crippen LogP contribution >= 0.6 is 45.9 Å². The summed E-state index contributed by atoms with van der Waals surface area (Å²) in [4.78, 5) is 50.4. The zero-order chi connectivity index (χ0) is 33.0. The highest BCUT2D eigenvalue weighted by Crippen LogP contribution is 2.38. The van der Waals surface area contributed by atoms with E-state index in [0.29, 0.717) is 38.0 Å². The Labute approximate surface area is 280 Å². The minimum Gasteiger partial charge on any atom is -0.477 e. The van der Waals surface area contributed by atoms with Crippen LogP contribution in [0.3, 0.4) is 0 Å². The molecule has 5 aromatic rings. The fraction of sp³-hybridized carbons (Fsp3) is 0.125. The molecule has 3 aromatic heterocycles. The average Bonchev–Trinajstić information content (AvgIpc) is 3.76. The van der Waals surface area contributed by atoms with Crippen molar-refractivity contribution >= 4 is 75.2 Å². The second kappa shape index (κ2) is 14.3. The summed E-state index contributed by atoms with van der Waals surface area (Å²) in [6.07, 6.45) is 1.55. The second-order valence-corrected chi connectivity index (χ2v) is 13.5. The lowest BCUT2D eigenvalue weighted by Crippen LogP contribution is -2.36. The number of hydrogen-bond acceptors (Lipinski definition) is 6. The lowest BCUT2D eigenvalue weighted by molar-refractivity contribution is 0.0701. The number of carboxylic acid groups (broad SMARTS) is 1. The van der Waals surface area contributed by atoms with Crippen molar-refractivity contribution in [2.24, 2.45) is 0 Å². The number of anilines is 2. The molecule has 1 aliphatic heterocycles. The summed E-state index contributed by atoms with van der Waals surface area (Å²) in [6.45, 7) is 2.60. The number of urea groups is 1. The summed E-state index contributed by atoms with van der Waals surface area (Å²) in [7, 11) is 0. The van der Waals surface area contributed by atoms with E-state index >= 15 is 0 Å². The Bertz CT molecular complexity index is 1990. The standard InChI is InChI=1S/C27H22ClFN4O3S.C5H3ClO2S/c1-16-5-4-6-21-25(16)17(14-30-26(35)22-10-11-23(28)37-22)15-33(21)27(36)31-20-9-8-18(13-19(20)29)32-12-3-2-7-24(32)34;6-4-2-1-3(9-4)5(7)8/h2-13,17H,14-15H2,1H3,(H,30,35)(H,31,36);1-2H,(H,7,8). The van der Waals surface area contributed by atoms with Crippen LogP contribution in [-0.4, -0.2) is 40.7 Å². The van der Waals surface area contributed by atoms with Gasteiger partial charge in [0.15, 0.2) is 0 Å². The largest absolute Gasteiger partial charge is 0.477 e. The highest BCUT2D eigenvalue weighted by molar-refractivity contribution is 7.18. The number of fused-ring (bicyclic) bond motifs is 1. The van der Waals surface area contributed by atoms with E-state index in [9.17, 15) is 23.6 Å². The van der Waals surface area contributed by atoms with Crippen LogP contribution in [0.4, 0.5) is 20.6 Å². The molecular formula is C32H25Cl2FN4O5S2. The number of thiophene rings is 2. The van der Waals surface area contributed by atoms with Gasteiger partial charge in [-0.2, -0.15) is 0 Å². The molecule has 0 saturated carbocycles. The molecule has 1 atom stereocenters. The van der Waals surface area contributed by atoms with Crippen molar-refractivity contribution < 1.29 is 23.9 Å². The zero-order valence-electron chi connectivity index (χ0n) is 24.0. The number of amides is 3. The van der Waals surface area contributed by atoms with E-state index in [1.54, 1.807) is 47.5 Å². The van der Waals surface area contributed by atoms with Crippen molar-refractivity contribution in [3.05, 3.63) is 131 Å². The van der Waals surface area contributed by atoms with Crippen molar-refractivity contribution in [1.29, 1.82) is 0 Å². The molecular weight excluding hydrogens is 674 g/mol. The van der Waals surface area contributed by atoms with E-state index < -0.39 is 17.8 Å². The number of aryl methyl sites for hydroxylation is 1. The quantitative estimate of drug-likeness (QED) is 0.168. The number of nitrogens with zero attached hydrogens (tertiary/aromatic N) is 2. The molecule has 1 aliphatic rings. The van der Waals surface area contributed by atoms with Crippen LogP contribution in [0.15, 0.2) is 89.9 Å². The Morgan fingerprint density at radius 1 is 0.957 bits per heavy atom. The van der Waals surface area contributed by atoms with Crippen molar-refractivity contribution in [2.45, 2.75) is 12.8 Å². The monoisotopic (exact) mass is 698 g/mol. The molecule has 6 rings (SSSR count). The second-order valence-electron chi connectivity index (χ2n) is 10.0. The number of pyridine rings is 1. The van der Waals surface area contributed by atoms with Crippen LogP contribution in [0.25, 0.3) is 5.69 Å². The van der Waals surface area contributed by atoms with Gasteiger partial charge in [-0.3, -0.25) is 19.1 Å². The summed E-state index contributed by atoms with van der Waals surface area (Å²) in [5.74, 6) is -1.95. The zero-order valence-corrected chi connectivity index (χ0v) is 27.1. The molecule has 14 heteroatoms. The Morgan fingerprint density at radius 2 is 1.67 bits per heavy atom. The molecule has 9 nitrogen and oxygen atoms in total. The van der Waals surface area contributed by atoms with Crippen molar-refractivity contribution in [3.8, 4) is 5.69 Å². The number of nitrogens with one attached hydrogen (secondary N) is 2. The van der Waals surface area contributed by atoms with Crippen molar-refractivity contribution in [1.82, 2.24) is 9.88 Å². The van der Waals surface area contributed by atoms with Crippen LogP contribution in [0.2, 0.25) is 8.67 Å². The minimum atomic E-state index is -0.924. The van der Waals surface area contributed by atoms with E-state index in [0.717, 1.165) is 22.5 Å². The molecule has 0 radical (unpaired) electrons. The van der Waals surface area contributed by atoms with Crippen molar-refractivity contribution in [2.75, 3.05) is 23.3 Å². The molecule has 4 heterocycles. The molecule has 0 fully saturated rings. The Morgan fingerprint density at radius 3 is 2.28 bits per heavy atom. The molecule has 3 amide bonds. The van der Waals surface area contributed by atoms with E-state index in [1.165, 1.54) is 40.2 Å². The molecule has 0 spiro atoms. The van der Waals surface area contributed by atoms with E-state index in [2.05, 4.69) is 10.6 Å². The summed E-state index contributed by atoms with van der Waals surface area (Å²) < 4.78 is 17.3. The molecule has 2 aromatic carbocycles. The summed E-state index contributed by atoms with van der Waals surface area (Å²) in [5, 5.41) is 13.9. The first-order chi connectivity index (χ1) is 22.0. The van der Waals surface area contributed by atoms with Gasteiger partial charge < -0.3 is 15.7 Å². The lowest BCUT2D eigenvalue weighted by atomic mass is 9.96. The number of aromatic nitrogens is 1. The first kappa shape index (κ1) is 32.9. The van der Waals surface area contributed by atoms with Gasteiger partial charge in [-0.15, -0.1) is 22.7 Å². The third-order valence-corrected chi connectivity index (χ3v) is 9.48. The number of carboxylic acids is 1. The topological polar surface area (TPSA) is 121 Å². The van der Waals surface area contributed by atoms with E-state index in [-0.39, 0.29) is 27.9 Å². The predicted octanol–water partition coefficient (Wildman–Crippen LogP) is 7.67. The first-order valence-electron chi connectivity index (χ1n) is 13.7. The van der Waals surface area contributed by atoms with Gasteiger partial charge in [0.2, 0.25) is 0 Å². The number of aromatic carboxylic acids is 1. The third kappa shape index (κ3) is 7.48. The number of carbonyl (C=O) groups excluding carboxylic acids is 2. The number of benzene rings is 2. The molecule has 0 saturated heterocycles. The maximum atomic E-state index is 14.9. The van der Waals surface area contributed by atoms with Gasteiger partial charge in [0, 0.05) is 43.0 Å². The van der Waals surface area contributed by atoms with E-state index in [1.807, 2.05) is 25.1 Å². The predicted molar refractivity (Wildman–Crippen MR) is 180 cm³/mol. The van der Waals surface area contributed by atoms with Gasteiger partial charge in [0.25, 0.3) is 11.5 Å². The van der Waals surface area contributed by atoms with Crippen LogP contribution in [-0.2, 0) is 0 Å². The maximum absolute atomic E-state index is 14.9. The van der Waals surface area contributed by atoms with Crippen LogP contribution in [0.1, 0.15) is 36.4 Å². The molecule has 3 N–H and O–H groups in total. The molecule has 0 aliphatic carbocycles. The minimum absolute atomic E-state index is 0.00161. The van der Waals surface area contributed by atoms with Gasteiger partial charge in [0.05, 0.1) is 24.9 Å². The SMILES string of the molecule is Cc1cccc2c1C(CNC(=O)c1ccc(Cl)s1)CN2C(=O)Nc1ccc(-n2ccccc2=O)cc1F.O=C(O)c1ccc(Cl)s1. The highest BCUT2D eigenvalue weighted by atomic mass is 35.5. The number of hydrogen-bond donors (Lipinski definition) is 3. The van der Waals surface area contributed by atoms with E-state index in [4.69, 9.17) is 28.3 Å². The normalized spacial score (nSPS) is 13.4. The summed E-state index contributed by atoms with van der Waals surface area (Å²) >= 11 is 13.7. The Balaban J connectivity index is 0.000000400. The van der Waals surface area contributed by atoms with Gasteiger partial charge in [-0.05, 0) is 66.6 Å². The Hall–Kier alpha value is -4.49. The van der Waals surface area contributed by atoms with Crippen LogP contribution in [0.5, 0.6) is 0 Å². The van der Waals surface area contributed by atoms with Crippen LogP contribution < -0.4 is 21.1 Å². The summed E-state index contributed by atoms with van der Waals surface area (Å²) in [6, 6.07) is 20.4. The fourth-order valence-corrected chi connectivity index (χ4v) is 6.79.